The van der Waals surface area contributed by atoms with E-state index in [0.717, 1.165) is 10.9 Å². The van der Waals surface area contributed by atoms with E-state index in [1.807, 2.05) is 24.3 Å². The molecule has 0 aliphatic rings. The first-order valence-corrected chi connectivity index (χ1v) is 5.72. The number of aromatic amines is 1. The third-order valence-corrected chi connectivity index (χ3v) is 2.55. The van der Waals surface area contributed by atoms with Crippen LogP contribution in [-0.2, 0) is 9.53 Å². The molecule has 98 valence electrons. The first-order valence-electron chi connectivity index (χ1n) is 5.72. The fraction of sp³-hybridized carbons (Fsp3) is 0.154. The first-order chi connectivity index (χ1) is 9.11. The summed E-state index contributed by atoms with van der Waals surface area (Å²) in [6.07, 6.45) is 0.655. The summed E-state index contributed by atoms with van der Waals surface area (Å²) in [5.41, 5.74) is 1.08. The summed E-state index contributed by atoms with van der Waals surface area (Å²) < 4.78 is 4.82. The number of hydrogen-bond acceptors (Lipinski definition) is 4. The third-order valence-electron chi connectivity index (χ3n) is 2.55. The van der Waals surface area contributed by atoms with Crippen LogP contribution in [0.25, 0.3) is 16.5 Å². The Morgan fingerprint density at radius 2 is 2.21 bits per heavy atom. The highest BCUT2D eigenvalue weighted by Gasteiger charge is 2.19. The van der Waals surface area contributed by atoms with E-state index in [4.69, 9.17) is 4.74 Å². The van der Waals surface area contributed by atoms with Gasteiger partial charge in [0, 0.05) is 10.9 Å². The largest absolute Gasteiger partial charge is 0.462 e. The maximum atomic E-state index is 11.7. The van der Waals surface area contributed by atoms with Crippen molar-refractivity contribution < 1.29 is 14.5 Å². The Bertz CT molecular complexity index is 624. The minimum atomic E-state index is -0.717. The van der Waals surface area contributed by atoms with Crippen molar-refractivity contribution in [1.82, 2.24) is 4.98 Å². The Morgan fingerprint density at radius 3 is 2.84 bits per heavy atom. The van der Waals surface area contributed by atoms with Gasteiger partial charge in [-0.2, -0.15) is 0 Å². The fourth-order valence-electron chi connectivity index (χ4n) is 1.76. The van der Waals surface area contributed by atoms with Crippen LogP contribution in [0.5, 0.6) is 0 Å². The normalized spacial score (nSPS) is 11.5. The molecule has 1 N–H and O–H groups in total. The molecule has 0 atom stereocenters. The molecule has 6 heteroatoms. The zero-order valence-electron chi connectivity index (χ0n) is 10.3. The second kappa shape index (κ2) is 5.34. The predicted octanol–water partition coefficient (Wildman–Crippen LogP) is 2.35. The molecule has 1 heterocycles. The lowest BCUT2D eigenvalue weighted by Crippen LogP contribution is -2.08. The monoisotopic (exact) mass is 260 g/mol. The van der Waals surface area contributed by atoms with Crippen LogP contribution in [-0.4, -0.2) is 22.5 Å². The van der Waals surface area contributed by atoms with Gasteiger partial charge in [0.25, 0.3) is 6.20 Å². The number of carbonyl (C=O) groups excluding carboxylic acids is 1. The van der Waals surface area contributed by atoms with Crippen LogP contribution in [0.1, 0.15) is 12.6 Å². The number of ether oxygens (including phenoxy) is 1. The zero-order chi connectivity index (χ0) is 13.8. The van der Waals surface area contributed by atoms with Crippen LogP contribution >= 0.6 is 0 Å². The third kappa shape index (κ3) is 2.79. The number of carbonyl (C=O) groups is 1. The second-order valence-corrected chi connectivity index (χ2v) is 3.82. The molecule has 0 radical (unpaired) electrons. The number of aromatic nitrogens is 1. The van der Waals surface area contributed by atoms with Crippen LogP contribution in [0.2, 0.25) is 0 Å². The Balaban J connectivity index is 2.48. The number of hydrogen-bond donors (Lipinski definition) is 1. The summed E-state index contributed by atoms with van der Waals surface area (Å²) in [6, 6.07) is 9.05. The number of nitrogens with zero attached hydrogens (tertiary/aromatic N) is 1. The van der Waals surface area contributed by atoms with Gasteiger partial charge in [0.1, 0.15) is 0 Å². The maximum Gasteiger partial charge on any atom is 0.346 e. The number of nitrogens with one attached hydrogen (secondary N) is 1. The molecule has 0 unspecified atom stereocenters. The minimum Gasteiger partial charge on any atom is -0.462 e. The summed E-state index contributed by atoms with van der Waals surface area (Å²) in [7, 11) is 0. The molecule has 0 aliphatic heterocycles. The average molecular weight is 260 g/mol. The average Bonchev–Trinajstić information content (AvgIpc) is 2.79. The summed E-state index contributed by atoms with van der Waals surface area (Å²) in [5.74, 6) is -0.717. The Hall–Kier alpha value is -2.63. The number of esters is 1. The molecule has 0 saturated carbocycles. The van der Waals surface area contributed by atoms with Crippen molar-refractivity contribution in [3.8, 4) is 0 Å². The summed E-state index contributed by atoms with van der Waals surface area (Å²) in [4.78, 5) is 24.7. The molecule has 0 aliphatic carbocycles. The van der Waals surface area contributed by atoms with Gasteiger partial charge in [-0.1, -0.05) is 18.2 Å². The summed E-state index contributed by atoms with van der Waals surface area (Å²) >= 11 is 0. The maximum absolute atomic E-state index is 11.7. The van der Waals surface area contributed by atoms with E-state index in [-0.39, 0.29) is 12.2 Å². The Labute approximate surface area is 108 Å². The Morgan fingerprint density at radius 1 is 1.47 bits per heavy atom. The van der Waals surface area contributed by atoms with Crippen molar-refractivity contribution in [2.75, 3.05) is 6.61 Å². The van der Waals surface area contributed by atoms with Gasteiger partial charge in [-0.3, -0.25) is 10.1 Å². The van der Waals surface area contributed by atoms with Crippen LogP contribution in [0.15, 0.2) is 36.5 Å². The van der Waals surface area contributed by atoms with E-state index in [0.29, 0.717) is 11.9 Å². The molecule has 0 bridgehead atoms. The number of benzene rings is 1. The molecular weight excluding hydrogens is 248 g/mol. The highest BCUT2D eigenvalue weighted by atomic mass is 16.6. The quantitative estimate of drug-likeness (QED) is 0.395. The molecule has 1 aromatic heterocycles. The molecular formula is C13H12N2O4. The van der Waals surface area contributed by atoms with E-state index in [1.165, 1.54) is 0 Å². The zero-order valence-corrected chi connectivity index (χ0v) is 10.3. The highest BCUT2D eigenvalue weighted by molar-refractivity contribution is 6.16. The molecule has 0 amide bonds. The molecule has 6 nitrogen and oxygen atoms in total. The fourth-order valence-corrected chi connectivity index (χ4v) is 1.76. The van der Waals surface area contributed by atoms with E-state index >= 15 is 0 Å². The van der Waals surface area contributed by atoms with Crippen molar-refractivity contribution in [2.45, 2.75) is 6.92 Å². The number of rotatable bonds is 4. The van der Waals surface area contributed by atoms with Crippen LogP contribution in [0, 0.1) is 10.1 Å². The smallest absolute Gasteiger partial charge is 0.346 e. The van der Waals surface area contributed by atoms with Gasteiger partial charge in [0.2, 0.25) is 0 Å². The van der Waals surface area contributed by atoms with Crippen LogP contribution in [0.3, 0.4) is 0 Å². The van der Waals surface area contributed by atoms with Gasteiger partial charge in [0.15, 0.2) is 5.57 Å². The lowest BCUT2D eigenvalue weighted by Gasteiger charge is -2.02. The topological polar surface area (TPSA) is 85.2 Å². The molecule has 19 heavy (non-hydrogen) atoms. The van der Waals surface area contributed by atoms with Crippen molar-refractivity contribution in [3.63, 3.8) is 0 Å². The first kappa shape index (κ1) is 12.8. The molecule has 0 saturated heterocycles. The number of fused-ring (bicyclic) bond motifs is 1. The van der Waals surface area contributed by atoms with Crippen molar-refractivity contribution in [1.29, 1.82) is 0 Å². The van der Waals surface area contributed by atoms with E-state index < -0.39 is 10.9 Å². The molecule has 0 fully saturated rings. The SMILES string of the molecule is CCOC(=O)C(=C[N+](=O)[O-])c1cc2ccccc2[nH]1. The minimum absolute atomic E-state index is 0.0944. The predicted molar refractivity (Wildman–Crippen MR) is 69.9 cm³/mol. The van der Waals surface area contributed by atoms with Gasteiger partial charge < -0.3 is 9.72 Å². The van der Waals surface area contributed by atoms with Gasteiger partial charge in [-0.25, -0.2) is 4.79 Å². The van der Waals surface area contributed by atoms with Gasteiger partial charge >= 0.3 is 5.97 Å². The van der Waals surface area contributed by atoms with E-state index in [2.05, 4.69) is 4.98 Å². The van der Waals surface area contributed by atoms with E-state index in [1.54, 1.807) is 13.0 Å². The van der Waals surface area contributed by atoms with Crippen LogP contribution < -0.4 is 0 Å². The molecule has 2 aromatic rings. The number of para-hydroxylation sites is 1. The van der Waals surface area contributed by atoms with Gasteiger partial charge in [0.05, 0.1) is 17.2 Å². The lowest BCUT2D eigenvalue weighted by molar-refractivity contribution is -0.401. The van der Waals surface area contributed by atoms with Crippen molar-refractivity contribution >= 4 is 22.4 Å². The van der Waals surface area contributed by atoms with Gasteiger partial charge in [-0.15, -0.1) is 0 Å². The van der Waals surface area contributed by atoms with Crippen molar-refractivity contribution in [3.05, 3.63) is 52.3 Å². The van der Waals surface area contributed by atoms with Gasteiger partial charge in [-0.05, 0) is 19.1 Å². The molecule has 1 aromatic carbocycles. The summed E-state index contributed by atoms with van der Waals surface area (Å²) in [5, 5.41) is 11.5. The Kier molecular flexibility index (Phi) is 3.61. The molecule has 2 rings (SSSR count). The second-order valence-electron chi connectivity index (χ2n) is 3.82. The summed E-state index contributed by atoms with van der Waals surface area (Å²) in [6.45, 7) is 1.81. The van der Waals surface area contributed by atoms with Crippen LogP contribution in [0.4, 0.5) is 0 Å². The lowest BCUT2D eigenvalue weighted by atomic mass is 10.2. The number of H-pyrrole nitrogens is 1. The van der Waals surface area contributed by atoms with E-state index in [9.17, 15) is 14.9 Å². The molecule has 0 spiro atoms. The highest BCUT2D eigenvalue weighted by Crippen LogP contribution is 2.21. The number of nitro groups is 1. The standard InChI is InChI=1S/C13H12N2O4/c1-2-19-13(16)10(8-15(17)18)12-7-9-5-3-4-6-11(9)14-12/h3-8,14H,2H2,1H3. The van der Waals surface area contributed by atoms with Crippen molar-refractivity contribution in [2.24, 2.45) is 0 Å².